The van der Waals surface area contributed by atoms with E-state index < -0.39 is 0 Å². The second-order valence-corrected chi connectivity index (χ2v) is 6.22. The minimum Gasteiger partial charge on any atom is -0.344 e. The lowest BCUT2D eigenvalue weighted by atomic mass is 10.0. The Labute approximate surface area is 115 Å². The van der Waals surface area contributed by atoms with Crippen LogP contribution in [0.1, 0.15) is 58.8 Å². The molecule has 1 N–H and O–H groups in total. The van der Waals surface area contributed by atoms with E-state index in [9.17, 15) is 9.59 Å². The molecule has 1 heterocycles. The standard InChI is InChI=1S/C15H26N2O2/c1-11(2)14-15(19)17(10-9-13(18)16-14)12-7-5-3-4-6-8-12/h11-12,14H,3-10H2,1-2H3,(H,16,18). The normalized spacial score (nSPS) is 27.1. The maximum atomic E-state index is 12.7. The predicted octanol–water partition coefficient (Wildman–Crippen LogP) is 2.08. The van der Waals surface area contributed by atoms with Gasteiger partial charge in [-0.15, -0.1) is 0 Å². The van der Waals surface area contributed by atoms with Gasteiger partial charge in [-0.1, -0.05) is 39.5 Å². The van der Waals surface area contributed by atoms with Crippen molar-refractivity contribution in [2.24, 2.45) is 5.92 Å². The van der Waals surface area contributed by atoms with Crippen LogP contribution in [-0.4, -0.2) is 35.3 Å². The maximum Gasteiger partial charge on any atom is 0.245 e. The van der Waals surface area contributed by atoms with Crippen molar-refractivity contribution in [2.45, 2.75) is 70.9 Å². The van der Waals surface area contributed by atoms with Gasteiger partial charge in [0.25, 0.3) is 0 Å². The van der Waals surface area contributed by atoms with Crippen LogP contribution in [-0.2, 0) is 9.59 Å². The van der Waals surface area contributed by atoms with E-state index in [-0.39, 0.29) is 23.8 Å². The Bertz CT molecular complexity index is 333. The van der Waals surface area contributed by atoms with Crippen LogP contribution in [0.15, 0.2) is 0 Å². The van der Waals surface area contributed by atoms with Crippen molar-refractivity contribution in [1.29, 1.82) is 0 Å². The summed E-state index contributed by atoms with van der Waals surface area (Å²) in [6.45, 7) is 4.59. The van der Waals surface area contributed by atoms with E-state index >= 15 is 0 Å². The van der Waals surface area contributed by atoms with Gasteiger partial charge in [-0.3, -0.25) is 9.59 Å². The summed E-state index contributed by atoms with van der Waals surface area (Å²) >= 11 is 0. The molecule has 1 aliphatic heterocycles. The van der Waals surface area contributed by atoms with Crippen LogP contribution >= 0.6 is 0 Å². The minimum atomic E-state index is -0.335. The lowest BCUT2D eigenvalue weighted by molar-refractivity contribution is -0.137. The number of carbonyl (C=O) groups excluding carboxylic acids is 2. The average Bonchev–Trinajstić information content (AvgIpc) is 2.70. The third kappa shape index (κ3) is 3.48. The smallest absolute Gasteiger partial charge is 0.245 e. The highest BCUT2D eigenvalue weighted by Crippen LogP contribution is 2.24. The van der Waals surface area contributed by atoms with Gasteiger partial charge in [-0.05, 0) is 18.8 Å². The maximum absolute atomic E-state index is 12.7. The molecule has 2 amide bonds. The largest absolute Gasteiger partial charge is 0.344 e. The summed E-state index contributed by atoms with van der Waals surface area (Å²) < 4.78 is 0. The second kappa shape index (κ2) is 6.40. The fourth-order valence-corrected chi connectivity index (χ4v) is 3.20. The number of nitrogens with one attached hydrogen (secondary N) is 1. The summed E-state index contributed by atoms with van der Waals surface area (Å²) in [7, 11) is 0. The topological polar surface area (TPSA) is 49.4 Å². The van der Waals surface area contributed by atoms with Gasteiger partial charge in [0.1, 0.15) is 6.04 Å². The zero-order valence-electron chi connectivity index (χ0n) is 12.2. The van der Waals surface area contributed by atoms with E-state index in [2.05, 4.69) is 5.32 Å². The first kappa shape index (κ1) is 14.4. The molecular weight excluding hydrogens is 240 g/mol. The van der Waals surface area contributed by atoms with E-state index in [1.807, 2.05) is 18.7 Å². The zero-order chi connectivity index (χ0) is 13.8. The molecule has 1 aliphatic carbocycles. The molecule has 0 radical (unpaired) electrons. The summed E-state index contributed by atoms with van der Waals surface area (Å²) in [6.07, 6.45) is 7.64. The van der Waals surface area contributed by atoms with Gasteiger partial charge in [0, 0.05) is 19.0 Å². The Balaban J connectivity index is 2.12. The molecule has 1 atom stereocenters. The molecule has 4 nitrogen and oxygen atoms in total. The molecule has 1 saturated carbocycles. The molecule has 2 rings (SSSR count). The van der Waals surface area contributed by atoms with Gasteiger partial charge >= 0.3 is 0 Å². The van der Waals surface area contributed by atoms with Gasteiger partial charge in [0.15, 0.2) is 0 Å². The first-order valence-corrected chi connectivity index (χ1v) is 7.69. The summed E-state index contributed by atoms with van der Waals surface area (Å²) in [5.41, 5.74) is 0. The molecule has 1 unspecified atom stereocenters. The lowest BCUT2D eigenvalue weighted by Gasteiger charge is -2.32. The highest BCUT2D eigenvalue weighted by atomic mass is 16.2. The number of nitrogens with zero attached hydrogens (tertiary/aromatic N) is 1. The molecule has 0 aromatic rings. The Morgan fingerprint density at radius 1 is 1.11 bits per heavy atom. The van der Waals surface area contributed by atoms with Crippen molar-refractivity contribution in [2.75, 3.05) is 6.54 Å². The quantitative estimate of drug-likeness (QED) is 0.778. The Morgan fingerprint density at radius 2 is 1.74 bits per heavy atom. The molecular formula is C15H26N2O2. The third-order valence-corrected chi connectivity index (χ3v) is 4.38. The van der Waals surface area contributed by atoms with Crippen molar-refractivity contribution in [1.82, 2.24) is 10.2 Å². The lowest BCUT2D eigenvalue weighted by Crippen LogP contribution is -2.50. The number of hydrogen-bond acceptors (Lipinski definition) is 2. The van der Waals surface area contributed by atoms with Gasteiger partial charge in [-0.2, -0.15) is 0 Å². The molecule has 1 saturated heterocycles. The zero-order valence-corrected chi connectivity index (χ0v) is 12.2. The van der Waals surface area contributed by atoms with Crippen LogP contribution in [0.3, 0.4) is 0 Å². The van der Waals surface area contributed by atoms with Crippen LogP contribution < -0.4 is 5.32 Å². The van der Waals surface area contributed by atoms with E-state index in [1.54, 1.807) is 0 Å². The van der Waals surface area contributed by atoms with E-state index in [0.29, 0.717) is 19.0 Å². The van der Waals surface area contributed by atoms with Crippen LogP contribution in [0.25, 0.3) is 0 Å². The SMILES string of the molecule is CC(C)C1NC(=O)CCN(C2CCCCCC2)C1=O. The highest BCUT2D eigenvalue weighted by molar-refractivity contribution is 5.90. The molecule has 19 heavy (non-hydrogen) atoms. The van der Waals surface area contributed by atoms with Crippen molar-refractivity contribution < 1.29 is 9.59 Å². The number of rotatable bonds is 2. The van der Waals surface area contributed by atoms with Crippen LogP contribution in [0.2, 0.25) is 0 Å². The van der Waals surface area contributed by atoms with E-state index in [0.717, 1.165) is 12.8 Å². The molecule has 0 aromatic carbocycles. The Hall–Kier alpha value is -1.06. The molecule has 4 heteroatoms. The van der Waals surface area contributed by atoms with Gasteiger partial charge in [-0.25, -0.2) is 0 Å². The second-order valence-electron chi connectivity index (χ2n) is 6.22. The van der Waals surface area contributed by atoms with E-state index in [1.165, 1.54) is 25.7 Å². The van der Waals surface area contributed by atoms with Crippen molar-refractivity contribution in [3.05, 3.63) is 0 Å². The molecule has 2 aliphatic rings. The average molecular weight is 266 g/mol. The first-order chi connectivity index (χ1) is 9.09. The third-order valence-electron chi connectivity index (χ3n) is 4.38. The molecule has 2 fully saturated rings. The van der Waals surface area contributed by atoms with Gasteiger partial charge < -0.3 is 10.2 Å². The fraction of sp³-hybridized carbons (Fsp3) is 0.867. The molecule has 108 valence electrons. The summed E-state index contributed by atoms with van der Waals surface area (Å²) in [4.78, 5) is 26.4. The number of carbonyl (C=O) groups is 2. The summed E-state index contributed by atoms with van der Waals surface area (Å²) in [5, 5.41) is 2.88. The van der Waals surface area contributed by atoms with Gasteiger partial charge in [0.2, 0.25) is 11.8 Å². The minimum absolute atomic E-state index is 0.0168. The monoisotopic (exact) mass is 266 g/mol. The van der Waals surface area contributed by atoms with Crippen molar-refractivity contribution in [3.63, 3.8) is 0 Å². The molecule has 0 spiro atoms. The van der Waals surface area contributed by atoms with Crippen molar-refractivity contribution >= 4 is 11.8 Å². The van der Waals surface area contributed by atoms with Crippen molar-refractivity contribution in [3.8, 4) is 0 Å². The van der Waals surface area contributed by atoms with Crippen LogP contribution in [0, 0.1) is 5.92 Å². The number of amides is 2. The number of hydrogen-bond donors (Lipinski definition) is 1. The van der Waals surface area contributed by atoms with Gasteiger partial charge in [0.05, 0.1) is 0 Å². The summed E-state index contributed by atoms with van der Waals surface area (Å²) in [5.74, 6) is 0.304. The van der Waals surface area contributed by atoms with E-state index in [4.69, 9.17) is 0 Å². The first-order valence-electron chi connectivity index (χ1n) is 7.69. The highest BCUT2D eigenvalue weighted by Gasteiger charge is 2.35. The predicted molar refractivity (Wildman–Crippen MR) is 74.6 cm³/mol. The summed E-state index contributed by atoms with van der Waals surface area (Å²) in [6, 6.07) is 0.0159. The molecule has 0 bridgehead atoms. The van der Waals surface area contributed by atoms with Crippen LogP contribution in [0.5, 0.6) is 0 Å². The Morgan fingerprint density at radius 3 is 2.32 bits per heavy atom. The van der Waals surface area contributed by atoms with Crippen LogP contribution in [0.4, 0.5) is 0 Å². The fourth-order valence-electron chi connectivity index (χ4n) is 3.20. The molecule has 0 aromatic heterocycles. The Kier molecular flexibility index (Phi) is 4.83.